The number of rotatable bonds is 8. The number of hydrogen-bond acceptors (Lipinski definition) is 8. The van der Waals surface area contributed by atoms with Gasteiger partial charge in [0, 0.05) is 24.4 Å². The van der Waals surface area contributed by atoms with Crippen LogP contribution in [0.5, 0.6) is 5.75 Å². The van der Waals surface area contributed by atoms with E-state index in [-0.39, 0.29) is 22.9 Å². The van der Waals surface area contributed by atoms with Gasteiger partial charge in [-0.05, 0) is 31.0 Å². The van der Waals surface area contributed by atoms with Gasteiger partial charge < -0.3 is 24.2 Å². The first kappa shape index (κ1) is 19.9. The lowest BCUT2D eigenvalue weighted by Crippen LogP contribution is -2.10. The molecule has 1 aliphatic carbocycles. The van der Waals surface area contributed by atoms with Crippen molar-refractivity contribution in [3.8, 4) is 17.1 Å². The predicted octanol–water partition coefficient (Wildman–Crippen LogP) is 3.88. The molecule has 1 fully saturated rings. The molecule has 1 aliphatic rings. The second-order valence-corrected chi connectivity index (χ2v) is 7.10. The first-order chi connectivity index (χ1) is 14.6. The van der Waals surface area contributed by atoms with E-state index >= 15 is 0 Å². The summed E-state index contributed by atoms with van der Waals surface area (Å²) in [7, 11) is 1.32. The summed E-state index contributed by atoms with van der Waals surface area (Å²) >= 11 is 0. The van der Waals surface area contributed by atoms with Gasteiger partial charge in [-0.1, -0.05) is 23.2 Å². The second-order valence-electron chi connectivity index (χ2n) is 7.10. The van der Waals surface area contributed by atoms with Crippen LogP contribution in [-0.4, -0.2) is 40.0 Å². The molecule has 3 aromatic rings. The molecule has 0 unspecified atom stereocenters. The molecular weight excluding hydrogens is 395 g/mol. The number of carboxylic acid groups (broad SMARTS) is 1. The third-order valence-electron chi connectivity index (χ3n) is 5.15. The summed E-state index contributed by atoms with van der Waals surface area (Å²) in [5.41, 5.74) is 0.189. The average Bonchev–Trinajstić information content (AvgIpc) is 3.48. The fraction of sp³-hybridized carbons (Fsp3) is 0.400. The van der Waals surface area contributed by atoms with Crippen molar-refractivity contribution in [2.45, 2.75) is 38.0 Å². The van der Waals surface area contributed by atoms with E-state index in [1.54, 1.807) is 0 Å². The molecule has 1 aromatic carbocycles. The molecule has 2 N–H and O–H groups in total. The van der Waals surface area contributed by atoms with Crippen LogP contribution in [0.1, 0.15) is 53.7 Å². The minimum absolute atomic E-state index is 0.00591. The summed E-state index contributed by atoms with van der Waals surface area (Å²) < 4.78 is 29.2. The maximum Gasteiger partial charge on any atom is 0.343 e. The molecule has 2 heterocycles. The van der Waals surface area contributed by atoms with Crippen LogP contribution in [0.2, 0.25) is 0 Å². The van der Waals surface area contributed by atoms with Gasteiger partial charge >= 0.3 is 5.97 Å². The minimum Gasteiger partial charge on any atom is -0.494 e. The minimum atomic E-state index is -1.22. The Morgan fingerprint density at radius 3 is 2.83 bits per heavy atom. The Labute approximate surface area is 171 Å². The number of aromatic nitrogens is 3. The highest BCUT2D eigenvalue weighted by Gasteiger charge is 2.25. The monoisotopic (exact) mass is 416 g/mol. The molecule has 2 aromatic heterocycles. The lowest BCUT2D eigenvalue weighted by Gasteiger charge is -2.05. The van der Waals surface area contributed by atoms with Crippen LogP contribution in [0.15, 0.2) is 27.2 Å². The van der Waals surface area contributed by atoms with Crippen molar-refractivity contribution in [2.75, 3.05) is 19.0 Å². The van der Waals surface area contributed by atoms with E-state index in [1.807, 2.05) is 0 Å². The topological polar surface area (TPSA) is 124 Å². The normalized spacial score (nSPS) is 14.2. The standard InChI is InChI=1S/C20H21FN4O5/c1-28-14-10-12(6-7-13(14)21)17-16(20(26)27)18(25-29-17)22-9-8-15-23-19(30-24-15)11-4-2-3-5-11/h6-7,10-11H,2-5,8-9H2,1H3,(H,22,25)(H,26,27). The summed E-state index contributed by atoms with van der Waals surface area (Å²) in [5, 5.41) is 20.4. The number of nitrogens with one attached hydrogen (secondary N) is 1. The fourth-order valence-corrected chi connectivity index (χ4v) is 3.61. The van der Waals surface area contributed by atoms with E-state index in [1.165, 1.54) is 38.2 Å². The van der Waals surface area contributed by atoms with Gasteiger partial charge in [-0.2, -0.15) is 4.98 Å². The molecule has 0 bridgehead atoms. The molecule has 9 nitrogen and oxygen atoms in total. The Morgan fingerprint density at radius 1 is 1.30 bits per heavy atom. The van der Waals surface area contributed by atoms with Crippen LogP contribution >= 0.6 is 0 Å². The zero-order valence-corrected chi connectivity index (χ0v) is 16.4. The van der Waals surface area contributed by atoms with E-state index < -0.39 is 11.8 Å². The van der Waals surface area contributed by atoms with Crippen molar-refractivity contribution in [2.24, 2.45) is 0 Å². The van der Waals surface area contributed by atoms with Gasteiger partial charge in [0.15, 0.2) is 34.5 Å². The Bertz CT molecular complexity index is 1040. The van der Waals surface area contributed by atoms with Crippen molar-refractivity contribution in [3.05, 3.63) is 41.3 Å². The maximum atomic E-state index is 13.7. The number of carboxylic acids is 1. The van der Waals surface area contributed by atoms with E-state index in [2.05, 4.69) is 20.6 Å². The van der Waals surface area contributed by atoms with E-state index in [0.29, 0.717) is 36.2 Å². The highest BCUT2D eigenvalue weighted by Crippen LogP contribution is 2.34. The van der Waals surface area contributed by atoms with Crippen LogP contribution in [0.25, 0.3) is 11.3 Å². The molecule has 30 heavy (non-hydrogen) atoms. The molecule has 0 saturated heterocycles. The van der Waals surface area contributed by atoms with Crippen LogP contribution in [0.4, 0.5) is 10.2 Å². The number of methoxy groups -OCH3 is 1. The van der Waals surface area contributed by atoms with Crippen molar-refractivity contribution in [1.29, 1.82) is 0 Å². The molecule has 0 spiro atoms. The largest absolute Gasteiger partial charge is 0.494 e. The molecule has 0 amide bonds. The van der Waals surface area contributed by atoms with E-state index in [0.717, 1.165) is 12.8 Å². The van der Waals surface area contributed by atoms with Gasteiger partial charge in [0.2, 0.25) is 5.89 Å². The van der Waals surface area contributed by atoms with Crippen LogP contribution in [0, 0.1) is 5.82 Å². The van der Waals surface area contributed by atoms with E-state index in [9.17, 15) is 14.3 Å². The smallest absolute Gasteiger partial charge is 0.343 e. The molecule has 158 valence electrons. The highest BCUT2D eigenvalue weighted by atomic mass is 19.1. The Morgan fingerprint density at radius 2 is 2.10 bits per heavy atom. The Kier molecular flexibility index (Phi) is 5.64. The summed E-state index contributed by atoms with van der Waals surface area (Å²) in [4.78, 5) is 16.2. The maximum absolute atomic E-state index is 13.7. The van der Waals surface area contributed by atoms with Gasteiger partial charge in [-0.25, -0.2) is 9.18 Å². The van der Waals surface area contributed by atoms with Gasteiger partial charge in [0.1, 0.15) is 0 Å². The van der Waals surface area contributed by atoms with Crippen LogP contribution < -0.4 is 10.1 Å². The zero-order chi connectivity index (χ0) is 21.1. The first-order valence-corrected chi connectivity index (χ1v) is 9.70. The zero-order valence-electron chi connectivity index (χ0n) is 16.4. The number of carbonyl (C=O) groups is 1. The second kappa shape index (κ2) is 8.52. The van der Waals surface area contributed by atoms with Crippen molar-refractivity contribution < 1.29 is 28.1 Å². The molecule has 0 atom stereocenters. The molecule has 1 saturated carbocycles. The number of anilines is 1. The van der Waals surface area contributed by atoms with Gasteiger partial charge in [0.25, 0.3) is 0 Å². The highest BCUT2D eigenvalue weighted by molar-refractivity contribution is 5.99. The lowest BCUT2D eigenvalue weighted by atomic mass is 10.1. The van der Waals surface area contributed by atoms with Gasteiger partial charge in [0.05, 0.1) is 7.11 Å². The fourth-order valence-electron chi connectivity index (χ4n) is 3.61. The Balaban J connectivity index is 1.46. The summed E-state index contributed by atoms with van der Waals surface area (Å²) in [6.45, 7) is 0.336. The van der Waals surface area contributed by atoms with Crippen molar-refractivity contribution >= 4 is 11.8 Å². The van der Waals surface area contributed by atoms with E-state index in [4.69, 9.17) is 13.8 Å². The Hall–Kier alpha value is -3.43. The number of nitrogens with zero attached hydrogens (tertiary/aromatic N) is 3. The summed E-state index contributed by atoms with van der Waals surface area (Å²) in [6.07, 6.45) is 4.92. The molecule has 0 radical (unpaired) electrons. The molecule has 4 rings (SSSR count). The SMILES string of the molecule is COc1cc(-c2onc(NCCc3noc(C4CCCC4)n3)c2C(=O)O)ccc1F. The number of aromatic carboxylic acids is 1. The van der Waals surface area contributed by atoms with Crippen LogP contribution in [0.3, 0.4) is 0 Å². The van der Waals surface area contributed by atoms with Crippen LogP contribution in [-0.2, 0) is 6.42 Å². The summed E-state index contributed by atoms with van der Waals surface area (Å²) in [5.74, 6) is -0.176. The third kappa shape index (κ3) is 3.98. The quantitative estimate of drug-likeness (QED) is 0.563. The third-order valence-corrected chi connectivity index (χ3v) is 5.15. The lowest BCUT2D eigenvalue weighted by molar-refractivity contribution is 0.0698. The molecule has 0 aliphatic heterocycles. The number of ether oxygens (including phenoxy) is 1. The van der Waals surface area contributed by atoms with Crippen molar-refractivity contribution in [1.82, 2.24) is 15.3 Å². The van der Waals surface area contributed by atoms with Crippen molar-refractivity contribution in [3.63, 3.8) is 0 Å². The summed E-state index contributed by atoms with van der Waals surface area (Å²) in [6, 6.07) is 3.93. The average molecular weight is 416 g/mol. The molecular formula is C20H21FN4O5. The predicted molar refractivity (Wildman–Crippen MR) is 103 cm³/mol. The van der Waals surface area contributed by atoms with Gasteiger partial charge in [-0.3, -0.25) is 0 Å². The molecule has 10 heteroatoms. The number of halogens is 1. The first-order valence-electron chi connectivity index (χ1n) is 9.70. The number of benzene rings is 1. The number of hydrogen-bond donors (Lipinski definition) is 2. The van der Waals surface area contributed by atoms with Gasteiger partial charge in [-0.15, -0.1) is 0 Å².